The standard InChI is InChI=1S/C23H25FN4O5/c1-27(23(30)25-20-12-18(22(29)32-4)28(2)26-20)13-15-9-7-11-19(31-3)21(15)33-14-16-8-5-6-10-17(16)24/h5-12H,13-14H2,1-4H3,(H,25,26,30). The zero-order valence-corrected chi connectivity index (χ0v) is 18.8. The van der Waals surface area contributed by atoms with Crippen LogP contribution < -0.4 is 14.8 Å². The molecule has 0 aliphatic rings. The Morgan fingerprint density at radius 2 is 1.85 bits per heavy atom. The molecule has 1 aromatic heterocycles. The van der Waals surface area contributed by atoms with Crippen LogP contribution in [0, 0.1) is 5.82 Å². The number of hydrogen-bond donors (Lipinski definition) is 1. The predicted molar refractivity (Wildman–Crippen MR) is 119 cm³/mol. The largest absolute Gasteiger partial charge is 0.493 e. The molecular formula is C23H25FN4O5. The van der Waals surface area contributed by atoms with E-state index in [1.807, 2.05) is 0 Å². The van der Waals surface area contributed by atoms with E-state index in [4.69, 9.17) is 9.47 Å². The van der Waals surface area contributed by atoms with Crippen LogP contribution in [0.5, 0.6) is 11.5 Å². The number of amides is 2. The van der Waals surface area contributed by atoms with E-state index < -0.39 is 12.0 Å². The Bertz CT molecular complexity index is 1150. The van der Waals surface area contributed by atoms with Gasteiger partial charge in [-0.1, -0.05) is 30.3 Å². The molecule has 3 aromatic rings. The second-order valence-corrected chi connectivity index (χ2v) is 7.14. The number of esters is 1. The molecule has 33 heavy (non-hydrogen) atoms. The first-order chi connectivity index (χ1) is 15.8. The highest BCUT2D eigenvalue weighted by molar-refractivity contribution is 5.92. The van der Waals surface area contributed by atoms with Gasteiger partial charge in [0.05, 0.1) is 20.8 Å². The van der Waals surface area contributed by atoms with Crippen LogP contribution in [-0.4, -0.2) is 47.9 Å². The van der Waals surface area contributed by atoms with Crippen molar-refractivity contribution in [3.8, 4) is 11.5 Å². The Balaban J connectivity index is 1.73. The lowest BCUT2D eigenvalue weighted by atomic mass is 10.1. The molecule has 0 saturated heterocycles. The van der Waals surface area contributed by atoms with Gasteiger partial charge < -0.3 is 19.1 Å². The summed E-state index contributed by atoms with van der Waals surface area (Å²) in [5.41, 5.74) is 1.27. The van der Waals surface area contributed by atoms with E-state index in [1.54, 1.807) is 50.5 Å². The van der Waals surface area contributed by atoms with Crippen LogP contribution in [-0.2, 0) is 24.9 Å². The summed E-state index contributed by atoms with van der Waals surface area (Å²) in [7, 11) is 5.94. The number of nitrogens with zero attached hydrogens (tertiary/aromatic N) is 3. The topological polar surface area (TPSA) is 94.9 Å². The minimum Gasteiger partial charge on any atom is -0.493 e. The second kappa shape index (κ2) is 10.5. The van der Waals surface area contributed by atoms with Gasteiger partial charge in [0.1, 0.15) is 18.1 Å². The van der Waals surface area contributed by atoms with Crippen molar-refractivity contribution >= 4 is 17.8 Å². The van der Waals surface area contributed by atoms with Crippen LogP contribution in [0.1, 0.15) is 21.6 Å². The van der Waals surface area contributed by atoms with Crippen LogP contribution in [0.2, 0.25) is 0 Å². The summed E-state index contributed by atoms with van der Waals surface area (Å²) in [5, 5.41) is 6.74. The number of ether oxygens (including phenoxy) is 3. The van der Waals surface area contributed by atoms with Crippen molar-refractivity contribution in [2.75, 3.05) is 26.6 Å². The number of methoxy groups -OCH3 is 2. The monoisotopic (exact) mass is 456 g/mol. The first-order valence-corrected chi connectivity index (χ1v) is 10.0. The number of aromatic nitrogens is 2. The number of urea groups is 1. The number of carbonyl (C=O) groups excluding carboxylic acids is 2. The summed E-state index contributed by atoms with van der Waals surface area (Å²) in [6, 6.07) is 12.6. The van der Waals surface area contributed by atoms with E-state index in [2.05, 4.69) is 15.2 Å². The zero-order valence-electron chi connectivity index (χ0n) is 18.8. The predicted octanol–water partition coefficient (Wildman–Crippen LogP) is 3.60. The Morgan fingerprint density at radius 1 is 1.12 bits per heavy atom. The fourth-order valence-electron chi connectivity index (χ4n) is 3.13. The van der Waals surface area contributed by atoms with Crippen LogP contribution >= 0.6 is 0 Å². The van der Waals surface area contributed by atoms with Gasteiger partial charge >= 0.3 is 12.0 Å². The van der Waals surface area contributed by atoms with Crippen molar-refractivity contribution in [2.24, 2.45) is 7.05 Å². The van der Waals surface area contributed by atoms with E-state index in [9.17, 15) is 14.0 Å². The Hall–Kier alpha value is -4.08. The highest BCUT2D eigenvalue weighted by Crippen LogP contribution is 2.33. The van der Waals surface area contributed by atoms with Crippen molar-refractivity contribution < 1.29 is 28.2 Å². The number of nitrogens with one attached hydrogen (secondary N) is 1. The molecule has 2 amide bonds. The van der Waals surface area contributed by atoms with Gasteiger partial charge in [0.2, 0.25) is 0 Å². The lowest BCUT2D eigenvalue weighted by Gasteiger charge is -2.21. The van der Waals surface area contributed by atoms with Crippen molar-refractivity contribution in [3.05, 3.63) is 71.2 Å². The summed E-state index contributed by atoms with van der Waals surface area (Å²) < 4.78 is 31.3. The quantitative estimate of drug-likeness (QED) is 0.521. The van der Waals surface area contributed by atoms with Crippen molar-refractivity contribution in [3.63, 3.8) is 0 Å². The first-order valence-electron chi connectivity index (χ1n) is 10.0. The molecule has 0 bridgehead atoms. The van der Waals surface area contributed by atoms with Gasteiger partial charge in [0, 0.05) is 31.3 Å². The van der Waals surface area contributed by atoms with Crippen LogP contribution in [0.25, 0.3) is 0 Å². The Labute approximate surface area is 190 Å². The number of halogens is 1. The van der Waals surface area contributed by atoms with Crippen molar-refractivity contribution in [2.45, 2.75) is 13.2 Å². The third-order valence-corrected chi connectivity index (χ3v) is 4.87. The molecule has 0 spiro atoms. The van der Waals surface area contributed by atoms with E-state index in [0.717, 1.165) is 0 Å². The third kappa shape index (κ3) is 5.59. The molecule has 0 atom stereocenters. The normalized spacial score (nSPS) is 10.5. The lowest BCUT2D eigenvalue weighted by Crippen LogP contribution is -2.31. The molecule has 2 aromatic carbocycles. The van der Waals surface area contributed by atoms with Gasteiger partial charge in [-0.3, -0.25) is 10.00 Å². The van der Waals surface area contributed by atoms with Gasteiger partial charge in [-0.15, -0.1) is 0 Å². The number of hydrogen-bond acceptors (Lipinski definition) is 6. The molecule has 9 nitrogen and oxygen atoms in total. The molecule has 0 unspecified atom stereocenters. The number of anilines is 1. The Morgan fingerprint density at radius 3 is 2.55 bits per heavy atom. The molecule has 10 heteroatoms. The summed E-state index contributed by atoms with van der Waals surface area (Å²) in [6.45, 7) is 0.173. The molecule has 3 rings (SSSR count). The summed E-state index contributed by atoms with van der Waals surface area (Å²) in [4.78, 5) is 25.8. The molecule has 0 saturated carbocycles. The van der Waals surface area contributed by atoms with Crippen molar-refractivity contribution in [1.29, 1.82) is 0 Å². The van der Waals surface area contributed by atoms with Crippen LogP contribution in [0.15, 0.2) is 48.5 Å². The van der Waals surface area contributed by atoms with Crippen LogP contribution in [0.4, 0.5) is 15.0 Å². The maximum Gasteiger partial charge on any atom is 0.356 e. The maximum atomic E-state index is 14.0. The highest BCUT2D eigenvalue weighted by atomic mass is 19.1. The van der Waals surface area contributed by atoms with E-state index in [0.29, 0.717) is 22.6 Å². The zero-order chi connectivity index (χ0) is 24.0. The molecule has 0 aliphatic heterocycles. The molecule has 0 fully saturated rings. The van der Waals surface area contributed by atoms with Crippen molar-refractivity contribution in [1.82, 2.24) is 14.7 Å². The number of benzene rings is 2. The lowest BCUT2D eigenvalue weighted by molar-refractivity contribution is 0.0588. The van der Waals surface area contributed by atoms with Gasteiger partial charge in [-0.05, 0) is 12.1 Å². The number of carbonyl (C=O) groups is 2. The van der Waals surface area contributed by atoms with Crippen LogP contribution in [0.3, 0.4) is 0 Å². The maximum absolute atomic E-state index is 14.0. The minimum absolute atomic E-state index is 0.000196. The van der Waals surface area contributed by atoms with Gasteiger partial charge in [-0.25, -0.2) is 14.0 Å². The molecule has 0 radical (unpaired) electrons. The third-order valence-electron chi connectivity index (χ3n) is 4.87. The van der Waals surface area contributed by atoms with Gasteiger partial charge in [-0.2, -0.15) is 5.10 Å². The summed E-state index contributed by atoms with van der Waals surface area (Å²) >= 11 is 0. The minimum atomic E-state index is -0.563. The van der Waals surface area contributed by atoms with Gasteiger partial charge in [0.15, 0.2) is 17.3 Å². The molecular weight excluding hydrogens is 431 g/mol. The fourth-order valence-corrected chi connectivity index (χ4v) is 3.13. The highest BCUT2D eigenvalue weighted by Gasteiger charge is 2.19. The molecule has 1 heterocycles. The SMILES string of the molecule is COC(=O)c1cc(NC(=O)N(C)Cc2cccc(OC)c2OCc2ccccc2F)nn1C. The number of para-hydroxylation sites is 1. The summed E-state index contributed by atoms with van der Waals surface area (Å²) in [5.74, 6) is 0.147. The molecule has 0 aliphatic carbocycles. The second-order valence-electron chi connectivity index (χ2n) is 7.14. The Kier molecular flexibility index (Phi) is 7.50. The number of rotatable bonds is 8. The average molecular weight is 456 g/mol. The average Bonchev–Trinajstić information content (AvgIpc) is 3.18. The van der Waals surface area contributed by atoms with E-state index in [1.165, 1.54) is 35.9 Å². The number of aryl methyl sites for hydroxylation is 1. The van der Waals surface area contributed by atoms with E-state index in [-0.39, 0.29) is 30.5 Å². The molecule has 174 valence electrons. The fraction of sp³-hybridized carbons (Fsp3) is 0.261. The first kappa shape index (κ1) is 23.6. The van der Waals surface area contributed by atoms with Gasteiger partial charge in [0.25, 0.3) is 0 Å². The smallest absolute Gasteiger partial charge is 0.356 e. The molecule has 1 N–H and O–H groups in total. The summed E-state index contributed by atoms with van der Waals surface area (Å²) in [6.07, 6.45) is 0. The van der Waals surface area contributed by atoms with E-state index >= 15 is 0 Å².